The topological polar surface area (TPSA) is 102 Å². The number of imide groups is 1. The first-order chi connectivity index (χ1) is 17.6. The number of anilines is 1. The molecule has 8 heteroatoms. The summed E-state index contributed by atoms with van der Waals surface area (Å²) in [5.41, 5.74) is 5.27. The number of carbonyl (C=O) groups is 3. The number of aliphatic hydroxyl groups excluding tert-OH is 1. The van der Waals surface area contributed by atoms with Gasteiger partial charge in [-0.25, -0.2) is 0 Å². The predicted molar refractivity (Wildman–Crippen MR) is 141 cm³/mol. The van der Waals surface area contributed by atoms with Crippen molar-refractivity contribution in [3.05, 3.63) is 64.2 Å². The molecule has 0 saturated carbocycles. The second kappa shape index (κ2) is 9.91. The minimum atomic E-state index is -0.946. The summed E-state index contributed by atoms with van der Waals surface area (Å²) in [6.45, 7) is 10.5. The first-order valence-corrected chi connectivity index (χ1v) is 13.2. The zero-order valence-corrected chi connectivity index (χ0v) is 21.8. The molecule has 0 bridgehead atoms. The number of nitrogens with zero attached hydrogens (tertiary/aromatic N) is 2. The summed E-state index contributed by atoms with van der Waals surface area (Å²) in [6, 6.07) is 10.7. The van der Waals surface area contributed by atoms with E-state index in [1.54, 1.807) is 18.2 Å². The smallest absolute Gasteiger partial charge is 0.264 e. The van der Waals surface area contributed by atoms with Gasteiger partial charge in [0.15, 0.2) is 0 Å². The summed E-state index contributed by atoms with van der Waals surface area (Å²) >= 11 is 0. The Kier molecular flexibility index (Phi) is 6.81. The summed E-state index contributed by atoms with van der Waals surface area (Å²) in [5, 5.41) is 15.4. The number of fused-ring (bicyclic) bond motifs is 1. The van der Waals surface area contributed by atoms with Gasteiger partial charge in [0.2, 0.25) is 5.91 Å². The average molecular weight is 505 g/mol. The van der Waals surface area contributed by atoms with Crippen molar-refractivity contribution < 1.29 is 19.5 Å². The highest BCUT2D eigenvalue weighted by Gasteiger charge is 2.45. The molecule has 3 N–H and O–H groups in total. The van der Waals surface area contributed by atoms with Gasteiger partial charge in [-0.2, -0.15) is 0 Å². The fourth-order valence-corrected chi connectivity index (χ4v) is 5.56. The Hall–Kier alpha value is -3.23. The van der Waals surface area contributed by atoms with Gasteiger partial charge in [0.1, 0.15) is 12.3 Å². The van der Waals surface area contributed by atoms with Crippen LogP contribution in [0.2, 0.25) is 0 Å². The Labute approximate surface area is 218 Å². The number of carbonyl (C=O) groups excluding carboxylic acids is 3. The van der Waals surface area contributed by atoms with Crippen LogP contribution in [-0.2, 0) is 17.9 Å². The van der Waals surface area contributed by atoms with Gasteiger partial charge in [-0.3, -0.25) is 24.2 Å². The van der Waals surface area contributed by atoms with Crippen LogP contribution in [0.25, 0.3) is 0 Å². The Morgan fingerprint density at radius 3 is 2.51 bits per heavy atom. The van der Waals surface area contributed by atoms with E-state index in [1.165, 1.54) is 24.0 Å². The van der Waals surface area contributed by atoms with Gasteiger partial charge < -0.3 is 15.7 Å². The van der Waals surface area contributed by atoms with Gasteiger partial charge in [0, 0.05) is 18.8 Å². The van der Waals surface area contributed by atoms with E-state index in [2.05, 4.69) is 54.5 Å². The van der Waals surface area contributed by atoms with Crippen molar-refractivity contribution in [1.29, 1.82) is 0 Å². The number of amides is 3. The number of piperidine rings is 2. The molecule has 0 aromatic heterocycles. The van der Waals surface area contributed by atoms with Gasteiger partial charge in [-0.1, -0.05) is 38.1 Å². The molecule has 5 rings (SSSR count). The average Bonchev–Trinajstić information content (AvgIpc) is 3.11. The maximum atomic E-state index is 13.3. The molecule has 2 atom stereocenters. The van der Waals surface area contributed by atoms with E-state index in [0.717, 1.165) is 30.1 Å². The molecule has 3 heterocycles. The van der Waals surface area contributed by atoms with Crippen molar-refractivity contribution in [3.63, 3.8) is 0 Å². The lowest BCUT2D eigenvalue weighted by molar-refractivity contribution is -0.131. The van der Waals surface area contributed by atoms with Crippen molar-refractivity contribution >= 4 is 23.4 Å². The molecule has 8 nitrogen and oxygen atoms in total. The molecular formula is C29H36N4O4. The molecule has 2 unspecified atom stereocenters. The number of hydrogen-bond donors (Lipinski definition) is 3. The second-order valence-corrected chi connectivity index (χ2v) is 11.4. The largest absolute Gasteiger partial charge is 0.380 e. The standard InChI is InChI=1S/C29H36N4O4/c1-18-15-19(7-8-20(18)17-32-13-11-29(2,3)12-14-32)16-30-22-6-4-5-21-25(22)28(37)33(27(21)36)23-9-10-24(34)31-26(23)35/h4-8,15,23-24,30,34H,9-14,16-17H2,1-3H3,(H,31,35). The first kappa shape index (κ1) is 25.4. The zero-order chi connectivity index (χ0) is 26.3. The number of aliphatic hydroxyl groups is 1. The van der Waals surface area contributed by atoms with E-state index in [1.807, 2.05) is 0 Å². The summed E-state index contributed by atoms with van der Waals surface area (Å²) in [4.78, 5) is 42.4. The van der Waals surface area contributed by atoms with Crippen molar-refractivity contribution in [2.24, 2.45) is 5.41 Å². The maximum absolute atomic E-state index is 13.3. The first-order valence-electron chi connectivity index (χ1n) is 13.2. The molecule has 3 aliphatic heterocycles. The van der Waals surface area contributed by atoms with Crippen molar-refractivity contribution in [2.75, 3.05) is 18.4 Å². The van der Waals surface area contributed by atoms with Crippen LogP contribution in [0.5, 0.6) is 0 Å². The molecule has 0 spiro atoms. The zero-order valence-electron chi connectivity index (χ0n) is 21.8. The lowest BCUT2D eigenvalue weighted by atomic mass is 9.82. The van der Waals surface area contributed by atoms with Crippen LogP contribution >= 0.6 is 0 Å². The SMILES string of the molecule is Cc1cc(CNc2cccc3c2C(=O)N(C2CCC(O)NC2=O)C3=O)ccc1CN1CCC(C)(C)CC1. The fraction of sp³-hybridized carbons (Fsp3) is 0.483. The molecule has 3 amide bonds. The van der Waals surface area contributed by atoms with Gasteiger partial charge in [0.25, 0.3) is 11.8 Å². The molecule has 196 valence electrons. The highest BCUT2D eigenvalue weighted by Crippen LogP contribution is 2.33. The van der Waals surface area contributed by atoms with E-state index in [0.29, 0.717) is 35.2 Å². The quantitative estimate of drug-likeness (QED) is 0.521. The summed E-state index contributed by atoms with van der Waals surface area (Å²) < 4.78 is 0. The van der Waals surface area contributed by atoms with Crippen LogP contribution in [0.3, 0.4) is 0 Å². The third-order valence-corrected chi connectivity index (χ3v) is 8.08. The summed E-state index contributed by atoms with van der Waals surface area (Å²) in [6.07, 6.45) is 2.03. The predicted octanol–water partition coefficient (Wildman–Crippen LogP) is 3.42. The maximum Gasteiger partial charge on any atom is 0.264 e. The molecular weight excluding hydrogens is 468 g/mol. The molecule has 2 fully saturated rings. The van der Waals surface area contributed by atoms with Crippen molar-refractivity contribution in [2.45, 2.75) is 71.8 Å². The highest BCUT2D eigenvalue weighted by atomic mass is 16.3. The number of hydrogen-bond acceptors (Lipinski definition) is 6. The minimum absolute atomic E-state index is 0.238. The van der Waals surface area contributed by atoms with Gasteiger partial charge >= 0.3 is 0 Å². The van der Waals surface area contributed by atoms with Crippen LogP contribution in [-0.4, -0.2) is 58.0 Å². The summed E-state index contributed by atoms with van der Waals surface area (Å²) in [5.74, 6) is -1.45. The molecule has 3 aliphatic rings. The lowest BCUT2D eigenvalue weighted by Crippen LogP contribution is -2.55. The Balaban J connectivity index is 1.26. The monoisotopic (exact) mass is 504 g/mol. The number of rotatable bonds is 6. The summed E-state index contributed by atoms with van der Waals surface area (Å²) in [7, 11) is 0. The van der Waals surface area contributed by atoms with Crippen LogP contribution < -0.4 is 10.6 Å². The van der Waals surface area contributed by atoms with E-state index < -0.39 is 30.0 Å². The number of benzene rings is 2. The number of aryl methyl sites for hydroxylation is 1. The molecule has 2 saturated heterocycles. The number of nitrogens with one attached hydrogen (secondary N) is 2. The third kappa shape index (κ3) is 5.13. The van der Waals surface area contributed by atoms with E-state index in [-0.39, 0.29) is 6.42 Å². The van der Waals surface area contributed by atoms with E-state index in [9.17, 15) is 19.5 Å². The lowest BCUT2D eigenvalue weighted by Gasteiger charge is -2.37. The van der Waals surface area contributed by atoms with Crippen molar-refractivity contribution in [3.8, 4) is 0 Å². The Bertz CT molecular complexity index is 1230. The molecule has 37 heavy (non-hydrogen) atoms. The van der Waals surface area contributed by atoms with Crippen LogP contribution in [0.1, 0.15) is 76.9 Å². The Morgan fingerprint density at radius 1 is 1.05 bits per heavy atom. The molecule has 0 radical (unpaired) electrons. The van der Waals surface area contributed by atoms with Gasteiger partial charge in [0.05, 0.1) is 11.1 Å². The normalized spacial score (nSPS) is 23.7. The van der Waals surface area contributed by atoms with Crippen LogP contribution in [0, 0.1) is 12.3 Å². The van der Waals surface area contributed by atoms with E-state index >= 15 is 0 Å². The third-order valence-electron chi connectivity index (χ3n) is 8.08. The van der Waals surface area contributed by atoms with Crippen LogP contribution in [0.4, 0.5) is 5.69 Å². The minimum Gasteiger partial charge on any atom is -0.380 e. The fourth-order valence-electron chi connectivity index (χ4n) is 5.56. The second-order valence-electron chi connectivity index (χ2n) is 11.4. The van der Waals surface area contributed by atoms with Crippen molar-refractivity contribution in [1.82, 2.24) is 15.1 Å². The molecule has 0 aliphatic carbocycles. The van der Waals surface area contributed by atoms with Gasteiger partial charge in [-0.05, 0) is 79.9 Å². The van der Waals surface area contributed by atoms with Crippen LogP contribution in [0.15, 0.2) is 36.4 Å². The molecule has 2 aromatic carbocycles. The Morgan fingerprint density at radius 2 is 1.81 bits per heavy atom. The van der Waals surface area contributed by atoms with Gasteiger partial charge in [-0.15, -0.1) is 0 Å². The molecule has 2 aromatic rings. The highest BCUT2D eigenvalue weighted by molar-refractivity contribution is 6.25. The number of likely N-dealkylation sites (tertiary alicyclic amines) is 1. The van der Waals surface area contributed by atoms with E-state index in [4.69, 9.17) is 0 Å².